The van der Waals surface area contributed by atoms with Gasteiger partial charge < -0.3 is 14.4 Å². The lowest BCUT2D eigenvalue weighted by Gasteiger charge is -2.29. The van der Waals surface area contributed by atoms with Crippen molar-refractivity contribution >= 4 is 21.4 Å². The first kappa shape index (κ1) is 20.0. The number of amides is 1. The van der Waals surface area contributed by atoms with Gasteiger partial charge in [0.2, 0.25) is 0 Å². The predicted octanol–water partition coefficient (Wildman–Crippen LogP) is 1.41. The number of carbonyl (C=O) groups excluding carboxylic acids is 1. The highest BCUT2D eigenvalue weighted by Crippen LogP contribution is 2.32. The molecule has 26 heavy (non-hydrogen) atoms. The molecule has 1 aromatic carbocycles. The molecule has 2 atom stereocenters. The molecule has 0 saturated carbocycles. The van der Waals surface area contributed by atoms with Crippen molar-refractivity contribution in [3.63, 3.8) is 0 Å². The molecule has 1 saturated heterocycles. The minimum absolute atomic E-state index is 0.0493. The van der Waals surface area contributed by atoms with Gasteiger partial charge in [0, 0.05) is 12.6 Å². The van der Waals surface area contributed by atoms with E-state index in [1.807, 2.05) is 0 Å². The molecule has 144 valence electrons. The summed E-state index contributed by atoms with van der Waals surface area (Å²) >= 11 is 0. The number of nitrogens with zero attached hydrogens (tertiary/aromatic N) is 2. The molecule has 1 aliphatic heterocycles. The number of methoxy groups -OCH3 is 1. The normalized spacial score (nSPS) is 19.6. The van der Waals surface area contributed by atoms with Crippen LogP contribution in [0.25, 0.3) is 0 Å². The fourth-order valence-electron chi connectivity index (χ4n) is 2.96. The predicted molar refractivity (Wildman–Crippen MR) is 94.2 cm³/mol. The number of nitro groups is 1. The second-order valence-electron chi connectivity index (χ2n) is 6.03. The summed E-state index contributed by atoms with van der Waals surface area (Å²) in [6.45, 7) is 3.57. The van der Waals surface area contributed by atoms with Crippen molar-refractivity contribution in [3.8, 4) is 11.5 Å². The molecule has 1 amide bonds. The molecule has 1 fully saturated rings. The van der Waals surface area contributed by atoms with Gasteiger partial charge in [0.05, 0.1) is 29.6 Å². The number of likely N-dealkylation sites (N-methyl/N-ethyl adjacent to an activating group) is 1. The van der Waals surface area contributed by atoms with E-state index in [4.69, 9.17) is 9.47 Å². The van der Waals surface area contributed by atoms with Gasteiger partial charge >= 0.3 is 5.69 Å². The highest BCUT2D eigenvalue weighted by Gasteiger charge is 2.36. The molecule has 0 N–H and O–H groups in total. The first-order valence-corrected chi connectivity index (χ1v) is 10.0. The zero-order valence-corrected chi connectivity index (χ0v) is 15.7. The zero-order chi connectivity index (χ0) is 19.5. The molecule has 0 aromatic heterocycles. The maximum atomic E-state index is 12.7. The molecule has 0 radical (unpaired) electrons. The largest absolute Gasteiger partial charge is 0.496 e. The molecule has 0 spiro atoms. The van der Waals surface area contributed by atoms with E-state index in [1.54, 1.807) is 6.92 Å². The van der Waals surface area contributed by atoms with Crippen LogP contribution in [-0.2, 0) is 14.6 Å². The fourth-order valence-corrected chi connectivity index (χ4v) is 4.69. The van der Waals surface area contributed by atoms with E-state index in [0.717, 1.165) is 0 Å². The number of sulfone groups is 1. The zero-order valence-electron chi connectivity index (χ0n) is 14.9. The first-order valence-electron chi connectivity index (χ1n) is 8.18. The summed E-state index contributed by atoms with van der Waals surface area (Å²) in [6, 6.07) is 3.69. The van der Waals surface area contributed by atoms with Crippen LogP contribution in [0.2, 0.25) is 0 Å². The maximum absolute atomic E-state index is 12.7. The minimum Gasteiger partial charge on any atom is -0.496 e. The van der Waals surface area contributed by atoms with Crippen molar-refractivity contribution < 1.29 is 27.6 Å². The van der Waals surface area contributed by atoms with Crippen molar-refractivity contribution in [3.05, 3.63) is 28.3 Å². The lowest BCUT2D eigenvalue weighted by molar-refractivity contribution is -0.386. The van der Waals surface area contributed by atoms with Gasteiger partial charge in [-0.25, -0.2) is 8.42 Å². The van der Waals surface area contributed by atoms with Gasteiger partial charge in [0.1, 0.15) is 5.75 Å². The number of hydrogen-bond donors (Lipinski definition) is 0. The Kier molecular flexibility index (Phi) is 6.06. The molecular formula is C16H22N2O7S. The van der Waals surface area contributed by atoms with E-state index in [1.165, 1.54) is 37.1 Å². The molecule has 2 rings (SSSR count). The maximum Gasteiger partial charge on any atom is 0.314 e. The second-order valence-corrected chi connectivity index (χ2v) is 8.26. The van der Waals surface area contributed by atoms with Crippen LogP contribution >= 0.6 is 0 Å². The Bertz CT molecular complexity index is 794. The Balaban J connectivity index is 2.17. The summed E-state index contributed by atoms with van der Waals surface area (Å²) in [5.74, 6) is -0.163. The molecule has 1 aromatic rings. The molecule has 0 aliphatic carbocycles. The van der Waals surface area contributed by atoms with Crippen LogP contribution in [0.4, 0.5) is 5.69 Å². The Morgan fingerprint density at radius 3 is 2.65 bits per heavy atom. The van der Waals surface area contributed by atoms with E-state index in [0.29, 0.717) is 18.7 Å². The van der Waals surface area contributed by atoms with Crippen LogP contribution < -0.4 is 9.47 Å². The highest BCUT2D eigenvalue weighted by atomic mass is 32.2. The summed E-state index contributed by atoms with van der Waals surface area (Å²) in [7, 11) is -1.74. The first-order chi connectivity index (χ1) is 12.2. The number of ether oxygens (including phenoxy) is 2. The molecule has 10 heteroatoms. The van der Waals surface area contributed by atoms with Crippen LogP contribution in [0.5, 0.6) is 11.5 Å². The Morgan fingerprint density at radius 1 is 1.46 bits per heavy atom. The Morgan fingerprint density at radius 2 is 2.15 bits per heavy atom. The summed E-state index contributed by atoms with van der Waals surface area (Å²) < 4.78 is 33.8. The Hall–Kier alpha value is -2.36. The van der Waals surface area contributed by atoms with E-state index in [9.17, 15) is 23.3 Å². The molecule has 0 unspecified atom stereocenters. The third kappa shape index (κ3) is 4.43. The van der Waals surface area contributed by atoms with Gasteiger partial charge in [-0.05, 0) is 32.4 Å². The average molecular weight is 386 g/mol. The monoisotopic (exact) mass is 386 g/mol. The molecule has 0 bridgehead atoms. The second kappa shape index (κ2) is 7.90. The molecule has 9 nitrogen and oxygen atoms in total. The number of hydrogen-bond acceptors (Lipinski definition) is 7. The lowest BCUT2D eigenvalue weighted by Crippen LogP contribution is -2.46. The van der Waals surface area contributed by atoms with Gasteiger partial charge in [0.15, 0.2) is 21.7 Å². The third-order valence-corrected chi connectivity index (χ3v) is 6.04. The highest BCUT2D eigenvalue weighted by molar-refractivity contribution is 7.91. The summed E-state index contributed by atoms with van der Waals surface area (Å²) in [6.07, 6.45) is -0.609. The number of carbonyl (C=O) groups is 1. The third-order valence-electron chi connectivity index (χ3n) is 4.29. The summed E-state index contributed by atoms with van der Waals surface area (Å²) in [5.41, 5.74) is -0.310. The number of nitro benzene ring substituents is 1. The van der Waals surface area contributed by atoms with Gasteiger partial charge in [-0.2, -0.15) is 0 Å². The Labute approximate surface area is 152 Å². The van der Waals surface area contributed by atoms with Crippen molar-refractivity contribution in [2.24, 2.45) is 0 Å². The molecule has 1 heterocycles. The van der Waals surface area contributed by atoms with Crippen LogP contribution in [-0.4, -0.2) is 61.5 Å². The van der Waals surface area contributed by atoms with Crippen LogP contribution in [0.3, 0.4) is 0 Å². The molecule has 1 aliphatic rings. The van der Waals surface area contributed by atoms with Gasteiger partial charge in [-0.15, -0.1) is 0 Å². The minimum atomic E-state index is -3.13. The average Bonchev–Trinajstić information content (AvgIpc) is 2.95. The van der Waals surface area contributed by atoms with Crippen LogP contribution in [0, 0.1) is 10.1 Å². The van der Waals surface area contributed by atoms with E-state index in [-0.39, 0.29) is 22.9 Å². The van der Waals surface area contributed by atoms with Gasteiger partial charge in [-0.1, -0.05) is 0 Å². The summed E-state index contributed by atoms with van der Waals surface area (Å²) in [4.78, 5) is 24.8. The van der Waals surface area contributed by atoms with Crippen LogP contribution in [0.15, 0.2) is 18.2 Å². The van der Waals surface area contributed by atoms with Gasteiger partial charge in [0.25, 0.3) is 5.91 Å². The van der Waals surface area contributed by atoms with E-state index >= 15 is 0 Å². The van der Waals surface area contributed by atoms with Crippen molar-refractivity contribution in [1.29, 1.82) is 0 Å². The smallest absolute Gasteiger partial charge is 0.314 e. The quantitative estimate of drug-likeness (QED) is 0.514. The van der Waals surface area contributed by atoms with Crippen molar-refractivity contribution in [2.75, 3.05) is 25.2 Å². The van der Waals surface area contributed by atoms with E-state index < -0.39 is 32.8 Å². The molecular weight excluding hydrogens is 364 g/mol. The lowest BCUT2D eigenvalue weighted by atomic mass is 10.2. The topological polar surface area (TPSA) is 116 Å². The summed E-state index contributed by atoms with van der Waals surface area (Å²) in [5, 5.41) is 11.2. The van der Waals surface area contributed by atoms with Gasteiger partial charge in [-0.3, -0.25) is 14.9 Å². The number of benzene rings is 1. The van der Waals surface area contributed by atoms with E-state index in [2.05, 4.69) is 0 Å². The number of rotatable bonds is 7. The standard InChI is InChI=1S/C16H22N2O7S/c1-4-17(12-7-8-26(22,23)10-12)16(19)11(2)25-15-6-5-13(24-3)9-14(15)18(20)21/h5-6,9,11-12H,4,7-8,10H2,1-3H3/t11-,12+/m1/s1. The van der Waals surface area contributed by atoms with Crippen molar-refractivity contribution in [1.82, 2.24) is 4.90 Å². The van der Waals surface area contributed by atoms with Crippen molar-refractivity contribution in [2.45, 2.75) is 32.4 Å². The van der Waals surface area contributed by atoms with Crippen LogP contribution in [0.1, 0.15) is 20.3 Å². The fraction of sp³-hybridized carbons (Fsp3) is 0.562. The SMILES string of the molecule is CCN(C(=O)[C@@H](C)Oc1ccc(OC)cc1[N+](=O)[O-])[C@H]1CCS(=O)(=O)C1.